The zero-order valence-electron chi connectivity index (χ0n) is 13.1. The van der Waals surface area contributed by atoms with E-state index in [4.69, 9.17) is 16.3 Å². The highest BCUT2D eigenvalue weighted by Gasteiger charge is 2.22. The molecule has 1 unspecified atom stereocenters. The smallest absolute Gasteiger partial charge is 0.307 e. The Hall–Kier alpha value is -1.92. The van der Waals surface area contributed by atoms with Crippen LogP contribution in [0.15, 0.2) is 24.3 Å². The van der Waals surface area contributed by atoms with Crippen molar-refractivity contribution in [1.29, 1.82) is 0 Å². The van der Waals surface area contributed by atoms with Gasteiger partial charge >= 0.3 is 5.97 Å². The van der Waals surface area contributed by atoms with Crippen molar-refractivity contribution in [3.05, 3.63) is 50.4 Å². The van der Waals surface area contributed by atoms with Crippen molar-refractivity contribution in [2.75, 3.05) is 7.11 Å². The Morgan fingerprint density at radius 3 is 2.48 bits per heavy atom. The lowest BCUT2D eigenvalue weighted by Crippen LogP contribution is -2.30. The van der Waals surface area contributed by atoms with Crippen LogP contribution in [-0.2, 0) is 9.53 Å². The molecule has 1 aromatic heterocycles. The number of nitrogens with zero attached hydrogens (tertiary/aromatic N) is 1. The number of rotatable bonds is 5. The first-order valence-electron chi connectivity index (χ1n) is 6.98. The number of nitrogens with one attached hydrogen (secondary N) is 1. The van der Waals surface area contributed by atoms with Crippen LogP contribution in [0.4, 0.5) is 0 Å². The lowest BCUT2D eigenvalue weighted by atomic mass is 10.0. The van der Waals surface area contributed by atoms with Crippen LogP contribution in [-0.4, -0.2) is 24.0 Å². The van der Waals surface area contributed by atoms with E-state index in [1.165, 1.54) is 18.4 Å². The lowest BCUT2D eigenvalue weighted by molar-refractivity contribution is -0.141. The highest BCUT2D eigenvalue weighted by Crippen LogP contribution is 2.23. The van der Waals surface area contributed by atoms with Crippen LogP contribution in [0, 0.1) is 13.8 Å². The molecule has 0 saturated heterocycles. The first kappa shape index (κ1) is 17.4. The molecule has 0 spiro atoms. The molecule has 0 saturated carbocycles. The third-order valence-electron chi connectivity index (χ3n) is 3.29. The van der Waals surface area contributed by atoms with Gasteiger partial charge in [-0.15, -0.1) is 11.3 Å². The number of methoxy groups -OCH3 is 1. The maximum atomic E-state index is 12.5. The second kappa shape index (κ2) is 7.57. The summed E-state index contributed by atoms with van der Waals surface area (Å²) in [5.74, 6) is -0.653. The summed E-state index contributed by atoms with van der Waals surface area (Å²) in [6.45, 7) is 3.63. The summed E-state index contributed by atoms with van der Waals surface area (Å²) in [6.07, 6.45) is 0.0424. The molecular weight excluding hydrogens is 336 g/mol. The minimum atomic E-state index is -0.492. The zero-order chi connectivity index (χ0) is 17.0. The van der Waals surface area contributed by atoms with Gasteiger partial charge in [-0.1, -0.05) is 23.7 Å². The second-order valence-electron chi connectivity index (χ2n) is 5.01. The van der Waals surface area contributed by atoms with Gasteiger partial charge in [0.2, 0.25) is 0 Å². The van der Waals surface area contributed by atoms with Crippen LogP contribution >= 0.6 is 22.9 Å². The topological polar surface area (TPSA) is 68.3 Å². The predicted molar refractivity (Wildman–Crippen MR) is 89.9 cm³/mol. The number of ether oxygens (including phenoxy) is 1. The summed E-state index contributed by atoms with van der Waals surface area (Å²) >= 11 is 7.22. The predicted octanol–water partition coefficient (Wildman–Crippen LogP) is 3.45. The highest BCUT2D eigenvalue weighted by molar-refractivity contribution is 7.13. The van der Waals surface area contributed by atoms with Crippen LogP contribution in [0.3, 0.4) is 0 Å². The fourth-order valence-electron chi connectivity index (χ4n) is 2.16. The molecule has 122 valence electrons. The summed E-state index contributed by atoms with van der Waals surface area (Å²) in [7, 11) is 1.32. The fourth-order valence-corrected chi connectivity index (χ4v) is 3.11. The van der Waals surface area contributed by atoms with Gasteiger partial charge in [-0.05, 0) is 31.5 Å². The highest BCUT2D eigenvalue weighted by atomic mass is 35.5. The maximum absolute atomic E-state index is 12.5. The monoisotopic (exact) mass is 352 g/mol. The van der Waals surface area contributed by atoms with Crippen molar-refractivity contribution in [1.82, 2.24) is 10.3 Å². The molecule has 0 aliphatic rings. The first-order valence-corrected chi connectivity index (χ1v) is 8.17. The zero-order valence-corrected chi connectivity index (χ0v) is 14.6. The Bertz CT molecular complexity index is 713. The summed E-state index contributed by atoms with van der Waals surface area (Å²) in [5, 5.41) is 4.29. The van der Waals surface area contributed by atoms with Crippen LogP contribution < -0.4 is 5.32 Å². The van der Waals surface area contributed by atoms with Gasteiger partial charge in [-0.2, -0.15) is 0 Å². The Morgan fingerprint density at radius 1 is 1.30 bits per heavy atom. The number of hydrogen-bond donors (Lipinski definition) is 1. The summed E-state index contributed by atoms with van der Waals surface area (Å²) < 4.78 is 4.72. The number of benzene rings is 1. The number of carbonyl (C=O) groups is 2. The van der Waals surface area contributed by atoms with Crippen molar-refractivity contribution in [2.45, 2.75) is 26.3 Å². The van der Waals surface area contributed by atoms with E-state index in [1.807, 2.05) is 6.92 Å². The molecular formula is C16H17ClN2O3S. The number of aryl methyl sites for hydroxylation is 2. The van der Waals surface area contributed by atoms with Crippen molar-refractivity contribution < 1.29 is 14.3 Å². The molecule has 0 aliphatic carbocycles. The minimum Gasteiger partial charge on any atom is -0.469 e. The van der Waals surface area contributed by atoms with Crippen LogP contribution in [0.25, 0.3) is 0 Å². The Labute approximate surface area is 143 Å². The molecule has 0 bridgehead atoms. The van der Waals surface area contributed by atoms with E-state index < -0.39 is 12.0 Å². The second-order valence-corrected chi connectivity index (χ2v) is 6.64. The average Bonchev–Trinajstić information content (AvgIpc) is 2.86. The number of esters is 1. The summed E-state index contributed by atoms with van der Waals surface area (Å²) in [4.78, 5) is 28.9. The summed E-state index contributed by atoms with van der Waals surface area (Å²) in [5.41, 5.74) is 1.46. The lowest BCUT2D eigenvalue weighted by Gasteiger charge is -2.18. The molecule has 2 aromatic rings. The van der Waals surface area contributed by atoms with E-state index in [0.29, 0.717) is 15.6 Å². The summed E-state index contributed by atoms with van der Waals surface area (Å²) in [6, 6.07) is 6.50. The van der Waals surface area contributed by atoms with Gasteiger partial charge in [-0.3, -0.25) is 9.59 Å². The number of aromatic nitrogens is 1. The van der Waals surface area contributed by atoms with Crippen LogP contribution in [0.2, 0.25) is 5.02 Å². The van der Waals surface area contributed by atoms with E-state index in [0.717, 1.165) is 10.6 Å². The quantitative estimate of drug-likeness (QED) is 0.837. The van der Waals surface area contributed by atoms with Gasteiger partial charge in [0, 0.05) is 5.02 Å². The number of hydrogen-bond acceptors (Lipinski definition) is 5. The number of thiazole rings is 1. The number of amides is 1. The van der Waals surface area contributed by atoms with Gasteiger partial charge < -0.3 is 10.1 Å². The van der Waals surface area contributed by atoms with Crippen LogP contribution in [0.5, 0.6) is 0 Å². The minimum absolute atomic E-state index is 0.0424. The van der Waals surface area contributed by atoms with Crippen LogP contribution in [0.1, 0.15) is 38.4 Å². The SMILES string of the molecule is COC(=O)CC(NC(=O)c1sc(C)nc1C)c1ccc(Cl)cc1. The van der Waals surface area contributed by atoms with Gasteiger partial charge in [0.1, 0.15) is 4.88 Å². The first-order chi connectivity index (χ1) is 10.9. The third kappa shape index (κ3) is 4.53. The molecule has 1 heterocycles. The standard InChI is InChI=1S/C16H17ClN2O3S/c1-9-15(23-10(2)18-9)16(21)19-13(8-14(20)22-3)11-4-6-12(17)7-5-11/h4-7,13H,8H2,1-3H3,(H,19,21). The molecule has 0 aliphatic heterocycles. The Kier molecular flexibility index (Phi) is 5.74. The van der Waals surface area contributed by atoms with E-state index in [-0.39, 0.29) is 12.3 Å². The van der Waals surface area contributed by atoms with Crippen molar-refractivity contribution in [2.24, 2.45) is 0 Å². The Morgan fingerprint density at radius 2 is 1.96 bits per heavy atom. The van der Waals surface area contributed by atoms with Gasteiger partial charge in [0.25, 0.3) is 5.91 Å². The van der Waals surface area contributed by atoms with Crippen molar-refractivity contribution in [3.63, 3.8) is 0 Å². The van der Waals surface area contributed by atoms with Crippen molar-refractivity contribution in [3.8, 4) is 0 Å². The normalized spacial score (nSPS) is 11.8. The van der Waals surface area contributed by atoms with Gasteiger partial charge in [0.15, 0.2) is 0 Å². The van der Waals surface area contributed by atoms with E-state index in [9.17, 15) is 9.59 Å². The third-order valence-corrected chi connectivity index (χ3v) is 4.61. The number of carbonyl (C=O) groups excluding carboxylic acids is 2. The van der Waals surface area contributed by atoms with Gasteiger partial charge in [-0.25, -0.2) is 4.98 Å². The van der Waals surface area contributed by atoms with E-state index in [2.05, 4.69) is 10.3 Å². The number of halogens is 1. The molecule has 1 aromatic carbocycles. The van der Waals surface area contributed by atoms with Crippen molar-refractivity contribution >= 4 is 34.8 Å². The molecule has 1 atom stereocenters. The molecule has 7 heteroatoms. The van der Waals surface area contributed by atoms with E-state index in [1.54, 1.807) is 31.2 Å². The molecule has 1 N–H and O–H groups in total. The van der Waals surface area contributed by atoms with Gasteiger partial charge in [0.05, 0.1) is 30.3 Å². The molecule has 5 nitrogen and oxygen atoms in total. The molecule has 23 heavy (non-hydrogen) atoms. The molecule has 2 rings (SSSR count). The maximum Gasteiger partial charge on any atom is 0.307 e. The molecule has 0 radical (unpaired) electrons. The average molecular weight is 353 g/mol. The largest absolute Gasteiger partial charge is 0.469 e. The Balaban J connectivity index is 2.23. The molecule has 0 fully saturated rings. The van der Waals surface area contributed by atoms with E-state index >= 15 is 0 Å². The fraction of sp³-hybridized carbons (Fsp3) is 0.312. The molecule has 1 amide bonds.